The van der Waals surface area contributed by atoms with Gasteiger partial charge in [0.15, 0.2) is 5.84 Å². The topological polar surface area (TPSA) is 86.0 Å². The van der Waals surface area contributed by atoms with Crippen LogP contribution >= 0.6 is 0 Å². The van der Waals surface area contributed by atoms with Gasteiger partial charge < -0.3 is 16.2 Å². The van der Waals surface area contributed by atoms with Crippen LogP contribution in [0.2, 0.25) is 0 Å². The average Bonchev–Trinajstić information content (AvgIpc) is 2.25. The van der Waals surface area contributed by atoms with Crippen molar-refractivity contribution in [3.8, 4) is 5.75 Å². The highest BCUT2D eigenvalue weighted by molar-refractivity contribution is 6.00. The van der Waals surface area contributed by atoms with Gasteiger partial charge in [-0.1, -0.05) is 0 Å². The van der Waals surface area contributed by atoms with Crippen molar-refractivity contribution in [3.05, 3.63) is 29.6 Å². The number of amidine groups is 1. The fourth-order valence-corrected chi connectivity index (χ4v) is 1.03. The zero-order valence-electron chi connectivity index (χ0n) is 8.14. The summed E-state index contributed by atoms with van der Waals surface area (Å²) in [6.07, 6.45) is 0.985. The maximum Gasteiger partial charge on any atom is 0.157 e. The second-order valence-corrected chi connectivity index (χ2v) is 2.59. The van der Waals surface area contributed by atoms with Gasteiger partial charge in [-0.05, 0) is 18.2 Å². The number of hydrogen-bond donors (Lipinski definition) is 2. The van der Waals surface area contributed by atoms with Crippen LogP contribution in [-0.4, -0.2) is 19.3 Å². The third-order valence-corrected chi connectivity index (χ3v) is 1.67. The van der Waals surface area contributed by atoms with Crippen LogP contribution in [0.25, 0.3) is 0 Å². The third-order valence-electron chi connectivity index (χ3n) is 1.67. The molecule has 0 aliphatic carbocycles. The molecule has 0 aliphatic rings. The first-order chi connectivity index (χ1) is 7.19. The summed E-state index contributed by atoms with van der Waals surface area (Å²) in [5.41, 5.74) is 10.9. The minimum Gasteiger partial charge on any atom is -0.496 e. The van der Waals surface area contributed by atoms with E-state index in [1.165, 1.54) is 25.3 Å². The lowest BCUT2D eigenvalue weighted by Gasteiger charge is -2.06. The summed E-state index contributed by atoms with van der Waals surface area (Å²) in [7, 11) is 1.45. The molecule has 1 rings (SSSR count). The largest absolute Gasteiger partial charge is 0.496 e. The Hall–Kier alpha value is -2.11. The molecule has 0 atom stereocenters. The Kier molecular flexibility index (Phi) is 3.61. The molecule has 1 aromatic carbocycles. The van der Waals surface area contributed by atoms with Gasteiger partial charge >= 0.3 is 0 Å². The summed E-state index contributed by atoms with van der Waals surface area (Å²) in [5.74, 6) is 0.0265. The quantitative estimate of drug-likeness (QED) is 0.431. The van der Waals surface area contributed by atoms with E-state index in [1.807, 2.05) is 0 Å². The molecule has 0 aliphatic heterocycles. The summed E-state index contributed by atoms with van der Waals surface area (Å²) in [4.78, 5) is 0. The van der Waals surface area contributed by atoms with Crippen LogP contribution in [0.15, 0.2) is 28.4 Å². The van der Waals surface area contributed by atoms with E-state index in [4.69, 9.17) is 16.2 Å². The second-order valence-electron chi connectivity index (χ2n) is 2.59. The van der Waals surface area contributed by atoms with Gasteiger partial charge in [-0.2, -0.15) is 0 Å². The van der Waals surface area contributed by atoms with E-state index in [2.05, 4.69) is 10.2 Å². The predicted octanol–water partition coefficient (Wildman–Crippen LogP) is 0.442. The van der Waals surface area contributed by atoms with Crippen LogP contribution in [0.4, 0.5) is 4.39 Å². The number of halogens is 1. The Morgan fingerprint density at radius 2 is 2.27 bits per heavy atom. The van der Waals surface area contributed by atoms with Gasteiger partial charge in [0.25, 0.3) is 0 Å². The number of rotatable bonds is 3. The van der Waals surface area contributed by atoms with E-state index in [0.717, 1.165) is 6.34 Å². The molecule has 0 aromatic heterocycles. The van der Waals surface area contributed by atoms with Crippen molar-refractivity contribution in [3.63, 3.8) is 0 Å². The highest BCUT2D eigenvalue weighted by Gasteiger charge is 2.08. The van der Waals surface area contributed by atoms with Crippen LogP contribution < -0.4 is 16.2 Å². The molecule has 5 nitrogen and oxygen atoms in total. The lowest BCUT2D eigenvalue weighted by molar-refractivity contribution is 0.412. The van der Waals surface area contributed by atoms with Crippen molar-refractivity contribution < 1.29 is 9.13 Å². The van der Waals surface area contributed by atoms with Crippen molar-refractivity contribution in [1.82, 2.24) is 0 Å². The Morgan fingerprint density at radius 3 is 2.87 bits per heavy atom. The number of hydrogen-bond acceptors (Lipinski definition) is 3. The minimum absolute atomic E-state index is 0.0352. The summed E-state index contributed by atoms with van der Waals surface area (Å²) in [5, 5.41) is 6.95. The van der Waals surface area contributed by atoms with E-state index >= 15 is 0 Å². The molecule has 0 amide bonds. The Labute approximate surface area is 86.2 Å². The van der Waals surface area contributed by atoms with Gasteiger partial charge in [-0.25, -0.2) is 4.39 Å². The van der Waals surface area contributed by atoms with E-state index in [0.29, 0.717) is 11.3 Å². The van der Waals surface area contributed by atoms with Crippen LogP contribution in [0.1, 0.15) is 5.56 Å². The monoisotopic (exact) mass is 210 g/mol. The summed E-state index contributed by atoms with van der Waals surface area (Å²) in [6, 6.07) is 3.94. The molecule has 80 valence electrons. The maximum atomic E-state index is 12.9. The first-order valence-electron chi connectivity index (χ1n) is 4.09. The van der Waals surface area contributed by atoms with Gasteiger partial charge in [0.1, 0.15) is 17.9 Å². The number of benzene rings is 1. The minimum atomic E-state index is -0.430. The highest BCUT2D eigenvalue weighted by Crippen LogP contribution is 2.18. The molecular formula is C9H11FN4O. The fraction of sp³-hybridized carbons (Fsp3) is 0.111. The number of methoxy groups -OCH3 is 1. The van der Waals surface area contributed by atoms with Crippen molar-refractivity contribution in [1.29, 1.82) is 0 Å². The third kappa shape index (κ3) is 2.67. The number of ether oxygens (including phenoxy) is 1. The number of nitrogens with two attached hydrogens (primary N) is 2. The van der Waals surface area contributed by atoms with Gasteiger partial charge in [0.2, 0.25) is 0 Å². The molecule has 0 saturated carbocycles. The second kappa shape index (κ2) is 4.94. The predicted molar refractivity (Wildman–Crippen MR) is 56.4 cm³/mol. The molecule has 0 fully saturated rings. The van der Waals surface area contributed by atoms with Crippen molar-refractivity contribution in [2.75, 3.05) is 7.11 Å². The van der Waals surface area contributed by atoms with Gasteiger partial charge in [-0.15, -0.1) is 10.2 Å². The molecule has 0 bridgehead atoms. The zero-order chi connectivity index (χ0) is 11.3. The van der Waals surface area contributed by atoms with Gasteiger partial charge in [0, 0.05) is 0 Å². The standard InChI is InChI=1S/C9H11FN4O/c1-15-8-3-2-6(10)4-7(8)9(12)14-13-5-11/h2-5H,1H3,(H2,11,13)(H2,12,14). The zero-order valence-corrected chi connectivity index (χ0v) is 8.14. The van der Waals surface area contributed by atoms with Crippen molar-refractivity contribution in [2.45, 2.75) is 0 Å². The van der Waals surface area contributed by atoms with Crippen LogP contribution in [0, 0.1) is 5.82 Å². The van der Waals surface area contributed by atoms with Crippen molar-refractivity contribution in [2.24, 2.45) is 21.7 Å². The van der Waals surface area contributed by atoms with Crippen LogP contribution in [-0.2, 0) is 0 Å². The molecule has 4 N–H and O–H groups in total. The normalized spacial score (nSPS) is 12.0. The Morgan fingerprint density at radius 1 is 1.53 bits per heavy atom. The molecule has 0 heterocycles. The van der Waals surface area contributed by atoms with E-state index in [9.17, 15) is 4.39 Å². The SMILES string of the molecule is COc1ccc(F)cc1/C(N)=N/N=C\N. The molecule has 0 spiro atoms. The summed E-state index contributed by atoms with van der Waals surface area (Å²) < 4.78 is 17.9. The van der Waals surface area contributed by atoms with Crippen LogP contribution in [0.5, 0.6) is 5.75 Å². The highest BCUT2D eigenvalue weighted by atomic mass is 19.1. The lowest BCUT2D eigenvalue weighted by atomic mass is 10.2. The molecule has 0 unspecified atom stereocenters. The molecule has 1 aromatic rings. The lowest BCUT2D eigenvalue weighted by Crippen LogP contribution is -2.14. The fourth-order valence-electron chi connectivity index (χ4n) is 1.03. The van der Waals surface area contributed by atoms with Crippen molar-refractivity contribution >= 4 is 12.2 Å². The Balaban J connectivity index is 3.16. The van der Waals surface area contributed by atoms with E-state index in [1.54, 1.807) is 0 Å². The molecular weight excluding hydrogens is 199 g/mol. The molecule has 15 heavy (non-hydrogen) atoms. The first kappa shape index (κ1) is 11.0. The average molecular weight is 210 g/mol. The Bertz CT molecular complexity index is 403. The molecule has 0 saturated heterocycles. The maximum absolute atomic E-state index is 12.9. The molecule has 0 radical (unpaired) electrons. The van der Waals surface area contributed by atoms with Gasteiger partial charge in [-0.3, -0.25) is 0 Å². The first-order valence-corrected chi connectivity index (χ1v) is 4.09. The van der Waals surface area contributed by atoms with E-state index < -0.39 is 5.82 Å². The van der Waals surface area contributed by atoms with Crippen LogP contribution in [0.3, 0.4) is 0 Å². The van der Waals surface area contributed by atoms with Gasteiger partial charge in [0.05, 0.1) is 12.7 Å². The molecule has 6 heteroatoms. The summed E-state index contributed by atoms with van der Waals surface area (Å²) >= 11 is 0. The smallest absolute Gasteiger partial charge is 0.157 e. The summed E-state index contributed by atoms with van der Waals surface area (Å²) in [6.45, 7) is 0. The van der Waals surface area contributed by atoms with E-state index in [-0.39, 0.29) is 5.84 Å². The number of nitrogens with zero attached hydrogens (tertiary/aromatic N) is 2.